The van der Waals surface area contributed by atoms with Crippen molar-refractivity contribution < 1.29 is 12.8 Å². The third kappa shape index (κ3) is 2.76. The topological polar surface area (TPSA) is 37.4 Å². The summed E-state index contributed by atoms with van der Waals surface area (Å²) >= 11 is 0. The number of hydrogen-bond donors (Lipinski definition) is 0. The molecule has 2 aromatic carbocycles. The van der Waals surface area contributed by atoms with Gasteiger partial charge in [0.25, 0.3) is 10.0 Å². The van der Waals surface area contributed by atoms with Gasteiger partial charge < -0.3 is 0 Å². The van der Waals surface area contributed by atoms with Crippen molar-refractivity contribution >= 4 is 15.7 Å². The lowest BCUT2D eigenvalue weighted by Gasteiger charge is -2.19. The van der Waals surface area contributed by atoms with E-state index in [4.69, 9.17) is 0 Å². The van der Waals surface area contributed by atoms with Crippen LogP contribution in [-0.4, -0.2) is 15.5 Å². The Labute approximate surface area is 112 Å². The second-order valence-electron chi connectivity index (χ2n) is 4.27. The van der Waals surface area contributed by atoms with Gasteiger partial charge in [-0.25, -0.2) is 12.8 Å². The fourth-order valence-electron chi connectivity index (χ4n) is 1.75. The predicted molar refractivity (Wildman–Crippen MR) is 73.2 cm³/mol. The third-order valence-corrected chi connectivity index (χ3v) is 4.60. The summed E-state index contributed by atoms with van der Waals surface area (Å²) in [5.74, 6) is -0.571. The molecule has 3 nitrogen and oxygen atoms in total. The Hall–Kier alpha value is -1.88. The molecule has 0 amide bonds. The van der Waals surface area contributed by atoms with Crippen molar-refractivity contribution in [2.24, 2.45) is 0 Å². The van der Waals surface area contributed by atoms with Gasteiger partial charge in [0.15, 0.2) is 0 Å². The molecule has 0 aromatic heterocycles. The summed E-state index contributed by atoms with van der Waals surface area (Å²) in [6.07, 6.45) is 0. The van der Waals surface area contributed by atoms with E-state index in [2.05, 4.69) is 0 Å². The summed E-state index contributed by atoms with van der Waals surface area (Å²) in [6, 6.07) is 12.1. The lowest BCUT2D eigenvalue weighted by Crippen LogP contribution is -2.26. The molecule has 0 bridgehead atoms. The average Bonchev–Trinajstić information content (AvgIpc) is 2.38. The normalized spacial score (nSPS) is 11.3. The number of sulfonamides is 1. The maximum absolute atomic E-state index is 13.1. The van der Waals surface area contributed by atoms with Gasteiger partial charge in [-0.05, 0) is 42.8 Å². The molecule has 0 radical (unpaired) electrons. The Bertz CT molecular complexity index is 698. The lowest BCUT2D eigenvalue weighted by atomic mass is 10.2. The van der Waals surface area contributed by atoms with E-state index in [1.165, 1.54) is 25.2 Å². The molecule has 0 N–H and O–H groups in total. The van der Waals surface area contributed by atoms with E-state index in [1.54, 1.807) is 18.2 Å². The van der Waals surface area contributed by atoms with Gasteiger partial charge in [-0.1, -0.05) is 18.2 Å². The molecule has 0 unspecified atom stereocenters. The Kier molecular flexibility index (Phi) is 3.57. The zero-order valence-corrected chi connectivity index (χ0v) is 11.5. The van der Waals surface area contributed by atoms with Crippen LogP contribution in [0, 0.1) is 12.7 Å². The fourth-order valence-corrected chi connectivity index (χ4v) is 2.97. The first-order chi connectivity index (χ1) is 8.91. The Morgan fingerprint density at radius 2 is 1.74 bits per heavy atom. The summed E-state index contributed by atoms with van der Waals surface area (Å²) in [5.41, 5.74) is 1.50. The van der Waals surface area contributed by atoms with Crippen LogP contribution < -0.4 is 4.31 Å². The number of nitrogens with zero attached hydrogens (tertiary/aromatic N) is 1. The monoisotopic (exact) mass is 279 g/mol. The van der Waals surface area contributed by atoms with E-state index in [0.29, 0.717) is 5.69 Å². The van der Waals surface area contributed by atoms with Crippen molar-refractivity contribution in [3.8, 4) is 0 Å². The molecule has 0 fully saturated rings. The van der Waals surface area contributed by atoms with Crippen LogP contribution in [-0.2, 0) is 10.0 Å². The van der Waals surface area contributed by atoms with Crippen molar-refractivity contribution in [3.63, 3.8) is 0 Å². The van der Waals surface area contributed by atoms with E-state index in [9.17, 15) is 12.8 Å². The molecule has 0 aliphatic rings. The molecule has 2 rings (SSSR count). The minimum atomic E-state index is -3.74. The van der Waals surface area contributed by atoms with Crippen molar-refractivity contribution in [3.05, 3.63) is 59.9 Å². The first-order valence-corrected chi connectivity index (χ1v) is 7.16. The average molecular weight is 279 g/mol. The van der Waals surface area contributed by atoms with Crippen LogP contribution in [0.2, 0.25) is 0 Å². The van der Waals surface area contributed by atoms with Crippen molar-refractivity contribution in [2.75, 3.05) is 11.4 Å². The summed E-state index contributed by atoms with van der Waals surface area (Å²) in [4.78, 5) is -0.0588. The summed E-state index contributed by atoms with van der Waals surface area (Å²) in [6.45, 7) is 1.88. The zero-order chi connectivity index (χ0) is 14.0. The number of hydrogen-bond acceptors (Lipinski definition) is 2. The minimum absolute atomic E-state index is 0.0588. The summed E-state index contributed by atoms with van der Waals surface area (Å²) in [5, 5.41) is 0. The van der Waals surface area contributed by atoms with Crippen LogP contribution in [0.3, 0.4) is 0 Å². The molecule has 0 spiro atoms. The maximum Gasteiger partial charge on any atom is 0.264 e. The first kappa shape index (κ1) is 13.5. The fraction of sp³-hybridized carbons (Fsp3) is 0.143. The zero-order valence-electron chi connectivity index (χ0n) is 10.7. The highest BCUT2D eigenvalue weighted by Crippen LogP contribution is 2.22. The molecule has 2 aromatic rings. The van der Waals surface area contributed by atoms with Crippen LogP contribution in [0.25, 0.3) is 0 Å². The summed E-state index contributed by atoms with van der Waals surface area (Å²) < 4.78 is 39.0. The SMILES string of the molecule is Cc1cccc(N(C)S(=O)(=O)c2cccc(F)c2)c1. The highest BCUT2D eigenvalue weighted by Gasteiger charge is 2.21. The first-order valence-electron chi connectivity index (χ1n) is 5.72. The predicted octanol–water partition coefficient (Wildman–Crippen LogP) is 2.96. The van der Waals surface area contributed by atoms with E-state index in [-0.39, 0.29) is 4.90 Å². The molecule has 0 heterocycles. The number of halogens is 1. The van der Waals surface area contributed by atoms with E-state index < -0.39 is 15.8 Å². The van der Waals surface area contributed by atoms with Gasteiger partial charge in [-0.15, -0.1) is 0 Å². The second kappa shape index (κ2) is 5.01. The van der Waals surface area contributed by atoms with Crippen LogP contribution in [0.1, 0.15) is 5.56 Å². The third-order valence-electron chi connectivity index (χ3n) is 2.82. The Balaban J connectivity index is 2.45. The van der Waals surface area contributed by atoms with Gasteiger partial charge in [0.05, 0.1) is 10.6 Å². The van der Waals surface area contributed by atoms with Crippen molar-refractivity contribution in [1.29, 1.82) is 0 Å². The van der Waals surface area contributed by atoms with Crippen molar-refractivity contribution in [2.45, 2.75) is 11.8 Å². The van der Waals surface area contributed by atoms with Gasteiger partial charge in [0, 0.05) is 7.05 Å². The molecule has 100 valence electrons. The number of anilines is 1. The second-order valence-corrected chi connectivity index (χ2v) is 6.24. The largest absolute Gasteiger partial charge is 0.269 e. The van der Waals surface area contributed by atoms with Gasteiger partial charge in [-0.2, -0.15) is 0 Å². The molecular weight excluding hydrogens is 265 g/mol. The van der Waals surface area contributed by atoms with Crippen LogP contribution in [0.5, 0.6) is 0 Å². The van der Waals surface area contributed by atoms with Crippen LogP contribution in [0.15, 0.2) is 53.4 Å². The molecule has 0 aliphatic carbocycles. The van der Waals surface area contributed by atoms with Gasteiger partial charge in [0.2, 0.25) is 0 Å². The van der Waals surface area contributed by atoms with Crippen LogP contribution in [0.4, 0.5) is 10.1 Å². The van der Waals surface area contributed by atoms with Gasteiger partial charge in [0.1, 0.15) is 5.82 Å². The quantitative estimate of drug-likeness (QED) is 0.866. The number of benzene rings is 2. The Morgan fingerprint density at radius 1 is 1.05 bits per heavy atom. The highest BCUT2D eigenvalue weighted by atomic mass is 32.2. The molecule has 5 heteroatoms. The molecule has 0 saturated heterocycles. The maximum atomic E-state index is 13.1. The molecule has 0 aliphatic heterocycles. The minimum Gasteiger partial charge on any atom is -0.269 e. The smallest absolute Gasteiger partial charge is 0.264 e. The van der Waals surface area contributed by atoms with Crippen molar-refractivity contribution in [1.82, 2.24) is 0 Å². The van der Waals surface area contributed by atoms with Crippen LogP contribution >= 0.6 is 0 Å². The molecule has 19 heavy (non-hydrogen) atoms. The molecule has 0 saturated carbocycles. The molecule has 0 atom stereocenters. The number of aryl methyl sites for hydroxylation is 1. The van der Waals surface area contributed by atoms with E-state index >= 15 is 0 Å². The number of rotatable bonds is 3. The lowest BCUT2D eigenvalue weighted by molar-refractivity contribution is 0.589. The van der Waals surface area contributed by atoms with Gasteiger partial charge >= 0.3 is 0 Å². The van der Waals surface area contributed by atoms with E-state index in [0.717, 1.165) is 15.9 Å². The highest BCUT2D eigenvalue weighted by molar-refractivity contribution is 7.92. The van der Waals surface area contributed by atoms with Gasteiger partial charge in [-0.3, -0.25) is 4.31 Å². The molecular formula is C14H14FNO2S. The van der Waals surface area contributed by atoms with E-state index in [1.807, 2.05) is 13.0 Å². The Morgan fingerprint density at radius 3 is 2.37 bits per heavy atom. The summed E-state index contributed by atoms with van der Waals surface area (Å²) in [7, 11) is -2.28. The standard InChI is InChI=1S/C14H14FNO2S/c1-11-5-3-7-13(9-11)16(2)19(17,18)14-8-4-6-12(15)10-14/h3-10H,1-2H3.